The van der Waals surface area contributed by atoms with E-state index >= 15 is 0 Å². The van der Waals surface area contributed by atoms with Gasteiger partial charge in [0.1, 0.15) is 5.60 Å². The maximum absolute atomic E-state index is 12.5. The largest absolute Gasteiger partial charge is 0.490 e. The molecule has 1 amide bonds. The van der Waals surface area contributed by atoms with Gasteiger partial charge in [-0.3, -0.25) is 0 Å². The zero-order chi connectivity index (χ0) is 22.6. The molecule has 1 aromatic carbocycles. The number of nitrogens with one attached hydrogen (secondary N) is 3. The summed E-state index contributed by atoms with van der Waals surface area (Å²) in [6.45, 7) is 8.21. The zero-order valence-corrected chi connectivity index (χ0v) is 18.2. The van der Waals surface area contributed by atoms with Gasteiger partial charge in [0.25, 0.3) is 0 Å². The Morgan fingerprint density at radius 3 is 2.40 bits per heavy atom. The first-order valence-electron chi connectivity index (χ1n) is 9.84. The van der Waals surface area contributed by atoms with Crippen LogP contribution in [0.2, 0.25) is 0 Å². The van der Waals surface area contributed by atoms with E-state index in [1.807, 2.05) is 6.92 Å². The Balaban J connectivity index is 2.64. The van der Waals surface area contributed by atoms with Crippen LogP contribution >= 0.6 is 0 Å². The van der Waals surface area contributed by atoms with Crippen LogP contribution in [0.15, 0.2) is 23.2 Å². The number of hydrogen-bond donors (Lipinski definition) is 3. The smallest absolute Gasteiger partial charge is 0.407 e. The number of aliphatic imine (C=N–C) groups is 1. The number of alkyl carbamates (subject to hydrolysis) is 1. The Morgan fingerprint density at radius 2 is 1.80 bits per heavy atom. The van der Waals surface area contributed by atoms with Gasteiger partial charge in [-0.2, -0.15) is 8.78 Å². The van der Waals surface area contributed by atoms with Crippen LogP contribution in [0.5, 0.6) is 11.5 Å². The summed E-state index contributed by atoms with van der Waals surface area (Å²) >= 11 is 0. The van der Waals surface area contributed by atoms with Gasteiger partial charge in [-0.25, -0.2) is 9.79 Å². The number of ether oxygens (including phenoxy) is 3. The fourth-order valence-corrected chi connectivity index (χ4v) is 2.28. The average molecular weight is 430 g/mol. The Morgan fingerprint density at radius 1 is 1.10 bits per heavy atom. The first kappa shape index (κ1) is 25.3. The number of rotatable bonds is 10. The van der Waals surface area contributed by atoms with E-state index in [2.05, 4.69) is 25.7 Å². The van der Waals surface area contributed by atoms with Crippen LogP contribution in [0.3, 0.4) is 0 Å². The topological polar surface area (TPSA) is 93.2 Å². The van der Waals surface area contributed by atoms with Crippen molar-refractivity contribution in [3.63, 3.8) is 0 Å². The highest BCUT2D eigenvalue weighted by atomic mass is 19.3. The molecule has 1 aromatic rings. The molecule has 0 saturated carbocycles. The van der Waals surface area contributed by atoms with E-state index in [0.29, 0.717) is 38.7 Å². The van der Waals surface area contributed by atoms with Gasteiger partial charge in [-0.15, -0.1) is 0 Å². The number of guanidine groups is 1. The number of benzene rings is 1. The molecule has 0 radical (unpaired) electrons. The molecular weight excluding hydrogens is 398 g/mol. The maximum atomic E-state index is 12.5. The van der Waals surface area contributed by atoms with Crippen molar-refractivity contribution in [2.45, 2.75) is 53.4 Å². The van der Waals surface area contributed by atoms with Gasteiger partial charge in [-0.05, 0) is 52.3 Å². The second-order valence-electron chi connectivity index (χ2n) is 7.14. The number of carbonyl (C=O) groups is 1. The second kappa shape index (κ2) is 12.7. The van der Waals surface area contributed by atoms with Crippen LogP contribution < -0.4 is 25.4 Å². The first-order chi connectivity index (χ1) is 14.1. The summed E-state index contributed by atoms with van der Waals surface area (Å²) in [5.74, 6) is 0.775. The summed E-state index contributed by atoms with van der Waals surface area (Å²) in [4.78, 5) is 16.1. The molecule has 0 aliphatic rings. The summed E-state index contributed by atoms with van der Waals surface area (Å²) in [5.41, 5.74) is 0.216. The number of halogens is 2. The quantitative estimate of drug-likeness (QED) is 0.300. The lowest BCUT2D eigenvalue weighted by atomic mass is 10.2. The van der Waals surface area contributed by atoms with Crippen LogP contribution in [0.25, 0.3) is 0 Å². The highest BCUT2D eigenvalue weighted by Crippen LogP contribution is 2.30. The highest BCUT2D eigenvalue weighted by Gasteiger charge is 2.15. The summed E-state index contributed by atoms with van der Waals surface area (Å²) in [6, 6.07) is 4.71. The standard InChI is InChI=1S/C20H32F2N4O4/c1-6-23-18(24-10-11-25-19(27)30-20(3,4)5)26-13-14-8-9-15(29-17(21)22)16(12-14)28-7-2/h8-9,12,17H,6-7,10-11,13H2,1-5H3,(H,25,27)(H2,23,24,26). The molecular formula is C20H32F2N4O4. The van der Waals surface area contributed by atoms with E-state index in [4.69, 9.17) is 9.47 Å². The fourth-order valence-electron chi connectivity index (χ4n) is 2.28. The number of amides is 1. The highest BCUT2D eigenvalue weighted by molar-refractivity contribution is 5.79. The van der Waals surface area contributed by atoms with E-state index < -0.39 is 18.3 Å². The lowest BCUT2D eigenvalue weighted by Gasteiger charge is -2.20. The summed E-state index contributed by atoms with van der Waals surface area (Å²) in [6.07, 6.45) is -0.485. The third-order valence-corrected chi connectivity index (χ3v) is 3.37. The lowest BCUT2D eigenvalue weighted by molar-refractivity contribution is -0.0514. The van der Waals surface area contributed by atoms with Crippen LogP contribution in [-0.4, -0.2) is 50.5 Å². The molecule has 8 nitrogen and oxygen atoms in total. The van der Waals surface area contributed by atoms with Gasteiger partial charge >= 0.3 is 12.7 Å². The Kier molecular flexibility index (Phi) is 10.7. The molecule has 0 heterocycles. The van der Waals surface area contributed by atoms with E-state index in [1.165, 1.54) is 6.07 Å². The molecule has 30 heavy (non-hydrogen) atoms. The van der Waals surface area contributed by atoms with Crippen LogP contribution in [0.4, 0.5) is 13.6 Å². The molecule has 0 atom stereocenters. The van der Waals surface area contributed by atoms with Crippen molar-refractivity contribution in [1.82, 2.24) is 16.0 Å². The molecule has 0 bridgehead atoms. The van der Waals surface area contributed by atoms with Crippen LogP contribution in [-0.2, 0) is 11.3 Å². The van der Waals surface area contributed by atoms with Crippen molar-refractivity contribution >= 4 is 12.1 Å². The molecule has 10 heteroatoms. The van der Waals surface area contributed by atoms with Crippen molar-refractivity contribution in [2.24, 2.45) is 4.99 Å². The molecule has 1 rings (SSSR count). The number of nitrogens with zero attached hydrogens (tertiary/aromatic N) is 1. The molecule has 0 aliphatic heterocycles. The zero-order valence-electron chi connectivity index (χ0n) is 18.2. The summed E-state index contributed by atoms with van der Waals surface area (Å²) in [5, 5.41) is 8.85. The third-order valence-electron chi connectivity index (χ3n) is 3.37. The predicted molar refractivity (Wildman–Crippen MR) is 111 cm³/mol. The number of alkyl halides is 2. The van der Waals surface area contributed by atoms with Gasteiger partial charge in [0.05, 0.1) is 13.2 Å². The summed E-state index contributed by atoms with van der Waals surface area (Å²) < 4.78 is 40.0. The molecule has 0 aliphatic carbocycles. The van der Waals surface area contributed by atoms with Gasteiger partial charge < -0.3 is 30.2 Å². The van der Waals surface area contributed by atoms with E-state index in [-0.39, 0.29) is 11.5 Å². The molecule has 3 N–H and O–H groups in total. The van der Waals surface area contributed by atoms with Gasteiger partial charge in [-0.1, -0.05) is 6.07 Å². The minimum atomic E-state index is -2.92. The molecule has 0 aromatic heterocycles. The van der Waals surface area contributed by atoms with Crippen molar-refractivity contribution < 1.29 is 27.8 Å². The van der Waals surface area contributed by atoms with Gasteiger partial charge in [0.15, 0.2) is 17.5 Å². The van der Waals surface area contributed by atoms with Gasteiger partial charge in [0, 0.05) is 19.6 Å². The van der Waals surface area contributed by atoms with Crippen molar-refractivity contribution in [3.8, 4) is 11.5 Å². The van der Waals surface area contributed by atoms with Crippen molar-refractivity contribution in [1.29, 1.82) is 0 Å². The van der Waals surface area contributed by atoms with E-state index in [1.54, 1.807) is 39.8 Å². The lowest BCUT2D eigenvalue weighted by Crippen LogP contribution is -2.42. The van der Waals surface area contributed by atoms with E-state index in [0.717, 1.165) is 5.56 Å². The van der Waals surface area contributed by atoms with Crippen molar-refractivity contribution in [3.05, 3.63) is 23.8 Å². The predicted octanol–water partition coefficient (Wildman–Crippen LogP) is 3.27. The Hall–Kier alpha value is -2.78. The SMILES string of the molecule is CCNC(=NCc1ccc(OC(F)F)c(OCC)c1)NCCNC(=O)OC(C)(C)C. The minimum absolute atomic E-state index is 0.0159. The molecule has 0 fully saturated rings. The second-order valence-corrected chi connectivity index (χ2v) is 7.14. The van der Waals surface area contributed by atoms with Crippen LogP contribution in [0.1, 0.15) is 40.2 Å². The third kappa shape index (κ3) is 10.7. The summed E-state index contributed by atoms with van der Waals surface area (Å²) in [7, 11) is 0. The molecule has 170 valence electrons. The number of hydrogen-bond acceptors (Lipinski definition) is 5. The Labute approximate surface area is 176 Å². The fraction of sp³-hybridized carbons (Fsp3) is 0.600. The Bertz CT molecular complexity index is 694. The minimum Gasteiger partial charge on any atom is -0.490 e. The normalized spacial score (nSPS) is 11.8. The first-order valence-corrected chi connectivity index (χ1v) is 9.84. The molecule has 0 saturated heterocycles. The monoisotopic (exact) mass is 430 g/mol. The van der Waals surface area contributed by atoms with Gasteiger partial charge in [0.2, 0.25) is 0 Å². The maximum Gasteiger partial charge on any atom is 0.407 e. The van der Waals surface area contributed by atoms with Crippen LogP contribution in [0, 0.1) is 0 Å². The molecule has 0 spiro atoms. The van der Waals surface area contributed by atoms with E-state index in [9.17, 15) is 13.6 Å². The van der Waals surface area contributed by atoms with Crippen molar-refractivity contribution in [2.75, 3.05) is 26.2 Å². The molecule has 0 unspecified atom stereocenters. The number of carbonyl (C=O) groups excluding carboxylic acids is 1. The average Bonchev–Trinajstić information content (AvgIpc) is 2.63.